The molecule has 29 heavy (non-hydrogen) atoms. The number of piperidine rings is 1. The lowest BCUT2D eigenvalue weighted by atomic mass is 9.68. The van der Waals surface area contributed by atoms with Crippen LogP contribution in [-0.4, -0.2) is 27.0 Å². The van der Waals surface area contributed by atoms with Crippen LogP contribution in [0.3, 0.4) is 0 Å². The highest BCUT2D eigenvalue weighted by Gasteiger charge is 2.39. The van der Waals surface area contributed by atoms with E-state index in [1.807, 2.05) is 6.92 Å². The summed E-state index contributed by atoms with van der Waals surface area (Å²) in [6.45, 7) is 2.07. The van der Waals surface area contributed by atoms with Gasteiger partial charge in [-0.2, -0.15) is 8.42 Å². The quantitative estimate of drug-likeness (QED) is 0.579. The van der Waals surface area contributed by atoms with Crippen LogP contribution >= 0.6 is 0 Å². The molecule has 1 fully saturated rings. The summed E-state index contributed by atoms with van der Waals surface area (Å²) in [5.41, 5.74) is 3.71. The van der Waals surface area contributed by atoms with Crippen LogP contribution in [0.4, 0.5) is 0 Å². The van der Waals surface area contributed by atoms with Gasteiger partial charge in [-0.1, -0.05) is 42.0 Å². The molecule has 2 aromatic rings. The Kier molecular flexibility index (Phi) is 5.74. The first-order valence-corrected chi connectivity index (χ1v) is 11.7. The average Bonchev–Trinajstić information content (AvgIpc) is 2.71. The molecule has 5 nitrogen and oxygen atoms in total. The standard InChI is InChI=1S/C23H27NO4S/c1-16-8-10-19(11-9-16)29(26,27)28-14-4-6-18-15-17-5-2-3-7-20(17)21-12-13-22(25)24-23(18)21/h2-3,5,7-11,18,21,23H,4,6,12-15H2,1H3,(H,24,25)/t18?,21-,23-/m0/s1. The monoisotopic (exact) mass is 413 g/mol. The minimum absolute atomic E-state index is 0.119. The highest BCUT2D eigenvalue weighted by molar-refractivity contribution is 7.86. The molecule has 0 saturated carbocycles. The van der Waals surface area contributed by atoms with Gasteiger partial charge in [0.25, 0.3) is 10.1 Å². The highest BCUT2D eigenvalue weighted by Crippen LogP contribution is 2.41. The van der Waals surface area contributed by atoms with Crippen molar-refractivity contribution < 1.29 is 17.4 Å². The molecule has 1 N–H and O–H groups in total. The van der Waals surface area contributed by atoms with Gasteiger partial charge in [0.05, 0.1) is 11.5 Å². The van der Waals surface area contributed by atoms with E-state index in [0.717, 1.165) is 24.8 Å². The Hall–Kier alpha value is -2.18. The second-order valence-corrected chi connectivity index (χ2v) is 9.75. The van der Waals surface area contributed by atoms with Crippen LogP contribution < -0.4 is 5.32 Å². The molecule has 0 radical (unpaired) electrons. The van der Waals surface area contributed by atoms with Crippen molar-refractivity contribution in [3.8, 4) is 0 Å². The first kappa shape index (κ1) is 20.1. The van der Waals surface area contributed by atoms with Crippen molar-refractivity contribution in [3.63, 3.8) is 0 Å². The number of benzene rings is 2. The van der Waals surface area contributed by atoms with Gasteiger partial charge in [-0.15, -0.1) is 0 Å². The van der Waals surface area contributed by atoms with Crippen molar-refractivity contribution in [3.05, 3.63) is 65.2 Å². The zero-order chi connectivity index (χ0) is 20.4. The second-order valence-electron chi connectivity index (χ2n) is 8.13. The smallest absolute Gasteiger partial charge is 0.296 e. The van der Waals surface area contributed by atoms with Gasteiger partial charge >= 0.3 is 0 Å². The Labute approximate surface area is 172 Å². The maximum atomic E-state index is 12.4. The van der Waals surface area contributed by atoms with E-state index in [9.17, 15) is 13.2 Å². The van der Waals surface area contributed by atoms with E-state index in [1.54, 1.807) is 24.3 Å². The fourth-order valence-electron chi connectivity index (χ4n) is 4.68. The lowest BCUT2D eigenvalue weighted by Crippen LogP contribution is -2.51. The summed E-state index contributed by atoms with van der Waals surface area (Å²) >= 11 is 0. The highest BCUT2D eigenvalue weighted by atomic mass is 32.2. The lowest BCUT2D eigenvalue weighted by Gasteiger charge is -2.43. The molecule has 2 aromatic carbocycles. The fourth-order valence-corrected chi connectivity index (χ4v) is 5.62. The normalized spacial score (nSPS) is 23.8. The molecule has 1 heterocycles. The predicted molar refractivity (Wildman–Crippen MR) is 111 cm³/mol. The van der Waals surface area contributed by atoms with Crippen molar-refractivity contribution in [2.45, 2.75) is 55.9 Å². The minimum atomic E-state index is -3.73. The minimum Gasteiger partial charge on any atom is -0.352 e. The van der Waals surface area contributed by atoms with Gasteiger partial charge in [0.2, 0.25) is 5.91 Å². The van der Waals surface area contributed by atoms with Gasteiger partial charge in [0.1, 0.15) is 0 Å². The number of carbonyl (C=O) groups is 1. The van der Waals surface area contributed by atoms with Gasteiger partial charge in [0.15, 0.2) is 0 Å². The molecular formula is C23H27NO4S. The van der Waals surface area contributed by atoms with Gasteiger partial charge in [-0.25, -0.2) is 0 Å². The fraction of sp³-hybridized carbons (Fsp3) is 0.435. The maximum absolute atomic E-state index is 12.4. The average molecular weight is 414 g/mol. The molecule has 1 saturated heterocycles. The van der Waals surface area contributed by atoms with E-state index in [0.29, 0.717) is 24.7 Å². The number of hydrogen-bond donors (Lipinski definition) is 1. The molecule has 1 amide bonds. The number of rotatable bonds is 6. The topological polar surface area (TPSA) is 72.5 Å². The van der Waals surface area contributed by atoms with E-state index < -0.39 is 10.1 Å². The Morgan fingerprint density at radius 3 is 2.66 bits per heavy atom. The first-order valence-electron chi connectivity index (χ1n) is 10.3. The summed E-state index contributed by atoms with van der Waals surface area (Å²) in [6, 6.07) is 15.3. The van der Waals surface area contributed by atoms with Crippen LogP contribution in [0, 0.1) is 12.8 Å². The van der Waals surface area contributed by atoms with E-state index in [2.05, 4.69) is 29.6 Å². The molecule has 1 aliphatic heterocycles. The van der Waals surface area contributed by atoms with Crippen molar-refractivity contribution in [2.75, 3.05) is 6.61 Å². The Bertz CT molecular complexity index is 984. The Morgan fingerprint density at radius 1 is 1.10 bits per heavy atom. The molecule has 6 heteroatoms. The number of hydrogen-bond acceptors (Lipinski definition) is 4. The van der Waals surface area contributed by atoms with Gasteiger partial charge < -0.3 is 5.32 Å². The van der Waals surface area contributed by atoms with Crippen LogP contribution in [0.1, 0.15) is 48.3 Å². The van der Waals surface area contributed by atoms with Crippen molar-refractivity contribution >= 4 is 16.0 Å². The number of fused-ring (bicyclic) bond motifs is 3. The summed E-state index contributed by atoms with van der Waals surface area (Å²) in [5.74, 6) is 0.763. The molecule has 1 unspecified atom stereocenters. The number of carbonyl (C=O) groups excluding carboxylic acids is 1. The van der Waals surface area contributed by atoms with Crippen molar-refractivity contribution in [1.29, 1.82) is 0 Å². The van der Waals surface area contributed by atoms with Crippen LogP contribution in [-0.2, 0) is 25.5 Å². The third kappa shape index (κ3) is 4.38. The molecule has 0 aromatic heterocycles. The third-order valence-electron chi connectivity index (χ3n) is 6.16. The summed E-state index contributed by atoms with van der Waals surface area (Å²) < 4.78 is 30.0. The summed E-state index contributed by atoms with van der Waals surface area (Å²) in [5, 5.41) is 3.20. The Morgan fingerprint density at radius 2 is 1.86 bits per heavy atom. The molecule has 3 atom stereocenters. The molecule has 2 aliphatic rings. The molecule has 0 bridgehead atoms. The van der Waals surface area contributed by atoms with Crippen molar-refractivity contribution in [1.82, 2.24) is 5.32 Å². The lowest BCUT2D eigenvalue weighted by molar-refractivity contribution is -0.124. The number of nitrogens with one attached hydrogen (secondary N) is 1. The molecule has 154 valence electrons. The summed E-state index contributed by atoms with van der Waals surface area (Å²) in [7, 11) is -3.73. The number of aryl methyl sites for hydroxylation is 1. The van der Waals surface area contributed by atoms with Gasteiger partial charge in [-0.05, 0) is 61.8 Å². The van der Waals surface area contributed by atoms with Crippen LogP contribution in [0.15, 0.2) is 53.4 Å². The third-order valence-corrected chi connectivity index (χ3v) is 7.48. The summed E-state index contributed by atoms with van der Waals surface area (Å²) in [6.07, 6.45) is 3.81. The molecule has 1 aliphatic carbocycles. The van der Waals surface area contributed by atoms with Gasteiger partial charge in [0, 0.05) is 18.4 Å². The number of amides is 1. The Balaban J connectivity index is 1.39. The van der Waals surface area contributed by atoms with E-state index in [-0.39, 0.29) is 23.5 Å². The molecule has 4 rings (SSSR count). The summed E-state index contributed by atoms with van der Waals surface area (Å²) in [4.78, 5) is 12.2. The van der Waals surface area contributed by atoms with E-state index >= 15 is 0 Å². The van der Waals surface area contributed by atoms with Crippen LogP contribution in [0.2, 0.25) is 0 Å². The second kappa shape index (κ2) is 8.28. The van der Waals surface area contributed by atoms with E-state index in [4.69, 9.17) is 4.18 Å². The first-order chi connectivity index (χ1) is 13.9. The molecule has 0 spiro atoms. The molecular weight excluding hydrogens is 386 g/mol. The van der Waals surface area contributed by atoms with E-state index in [1.165, 1.54) is 11.1 Å². The SMILES string of the molecule is Cc1ccc(S(=O)(=O)OCCCC2Cc3ccccc3[C@@H]3CCC(=O)N[C@@H]23)cc1. The zero-order valence-electron chi connectivity index (χ0n) is 16.6. The van der Waals surface area contributed by atoms with Crippen molar-refractivity contribution in [2.24, 2.45) is 5.92 Å². The van der Waals surface area contributed by atoms with Gasteiger partial charge in [-0.3, -0.25) is 8.98 Å². The predicted octanol–water partition coefficient (Wildman–Crippen LogP) is 3.72. The zero-order valence-corrected chi connectivity index (χ0v) is 17.5. The largest absolute Gasteiger partial charge is 0.352 e. The maximum Gasteiger partial charge on any atom is 0.296 e. The van der Waals surface area contributed by atoms with Crippen LogP contribution in [0.5, 0.6) is 0 Å². The van der Waals surface area contributed by atoms with Crippen LogP contribution in [0.25, 0.3) is 0 Å².